The highest BCUT2D eigenvalue weighted by molar-refractivity contribution is 6.31. The fourth-order valence-corrected chi connectivity index (χ4v) is 2.14. The molecule has 0 saturated heterocycles. The lowest BCUT2D eigenvalue weighted by Gasteiger charge is -2.06. The van der Waals surface area contributed by atoms with Crippen molar-refractivity contribution in [2.75, 3.05) is 5.73 Å². The number of allylic oxidation sites excluding steroid dienone is 5. The zero-order valence-electron chi connectivity index (χ0n) is 12.6. The fraction of sp³-hybridized carbons (Fsp3) is 0.438. The van der Waals surface area contributed by atoms with Gasteiger partial charge in [0.05, 0.1) is 11.4 Å². The maximum Gasteiger partial charge on any atom is 0.0856 e. The monoisotopic (exact) mass is 293 g/mol. The average molecular weight is 294 g/mol. The van der Waals surface area contributed by atoms with Gasteiger partial charge in [0.2, 0.25) is 0 Å². The number of hydrogen-bond acceptors (Lipinski definition) is 2. The first kappa shape index (κ1) is 16.6. The molecule has 1 rings (SSSR count). The predicted octanol–water partition coefficient (Wildman–Crippen LogP) is 4.31. The van der Waals surface area contributed by atoms with Gasteiger partial charge in [0.25, 0.3) is 0 Å². The van der Waals surface area contributed by atoms with Crippen molar-refractivity contribution in [2.45, 2.75) is 40.2 Å². The summed E-state index contributed by atoms with van der Waals surface area (Å²) in [5.74, 6) is 0.550. The molecule has 20 heavy (non-hydrogen) atoms. The normalized spacial score (nSPS) is 13.1. The van der Waals surface area contributed by atoms with Gasteiger partial charge in [-0.25, -0.2) is 0 Å². The molecule has 1 aromatic heterocycles. The Morgan fingerprint density at radius 2 is 2.25 bits per heavy atom. The zero-order chi connectivity index (χ0) is 15.1. The number of aromatic nitrogens is 2. The van der Waals surface area contributed by atoms with Crippen LogP contribution in [0.15, 0.2) is 41.6 Å². The van der Waals surface area contributed by atoms with Crippen molar-refractivity contribution >= 4 is 17.3 Å². The van der Waals surface area contributed by atoms with E-state index >= 15 is 0 Å². The summed E-state index contributed by atoms with van der Waals surface area (Å²) < 4.78 is 1.89. The Balaban J connectivity index is 2.74. The van der Waals surface area contributed by atoms with Gasteiger partial charge in [-0.05, 0) is 31.3 Å². The third-order valence-electron chi connectivity index (χ3n) is 2.96. The molecule has 1 heterocycles. The highest BCUT2D eigenvalue weighted by Gasteiger charge is 2.09. The van der Waals surface area contributed by atoms with Crippen LogP contribution in [0.4, 0.5) is 5.69 Å². The summed E-state index contributed by atoms with van der Waals surface area (Å²) in [7, 11) is 0. The molecule has 2 N–H and O–H groups in total. The second kappa shape index (κ2) is 7.95. The number of aryl methyl sites for hydroxylation is 1. The van der Waals surface area contributed by atoms with E-state index in [9.17, 15) is 0 Å². The molecule has 0 aliphatic carbocycles. The second-order valence-corrected chi connectivity index (χ2v) is 5.61. The minimum Gasteiger partial charge on any atom is -0.396 e. The molecule has 0 unspecified atom stereocenters. The Labute approximate surface area is 126 Å². The van der Waals surface area contributed by atoms with Gasteiger partial charge in [-0.2, -0.15) is 5.10 Å². The summed E-state index contributed by atoms with van der Waals surface area (Å²) in [6.45, 7) is 10.7. The molecule has 0 aromatic carbocycles. The molecule has 0 bridgehead atoms. The lowest BCUT2D eigenvalue weighted by molar-refractivity contribution is 0.581. The van der Waals surface area contributed by atoms with E-state index in [1.165, 1.54) is 0 Å². The van der Waals surface area contributed by atoms with Crippen LogP contribution in [0.1, 0.15) is 32.9 Å². The van der Waals surface area contributed by atoms with Crippen molar-refractivity contribution in [1.29, 1.82) is 0 Å². The number of hydrogen-bond donors (Lipinski definition) is 1. The lowest BCUT2D eigenvalue weighted by Crippen LogP contribution is -2.03. The van der Waals surface area contributed by atoms with Crippen molar-refractivity contribution in [3.63, 3.8) is 0 Å². The number of rotatable bonds is 7. The van der Waals surface area contributed by atoms with Gasteiger partial charge in [0, 0.05) is 17.8 Å². The van der Waals surface area contributed by atoms with Gasteiger partial charge in [0.1, 0.15) is 0 Å². The number of nitrogens with two attached hydrogens (primary N) is 1. The van der Waals surface area contributed by atoms with Gasteiger partial charge in [0.15, 0.2) is 0 Å². The first-order valence-corrected chi connectivity index (χ1v) is 7.31. The van der Waals surface area contributed by atoms with Crippen LogP contribution in [-0.4, -0.2) is 9.78 Å². The van der Waals surface area contributed by atoms with Gasteiger partial charge < -0.3 is 5.73 Å². The molecule has 110 valence electrons. The topological polar surface area (TPSA) is 43.8 Å². The molecule has 0 radical (unpaired) electrons. The van der Waals surface area contributed by atoms with E-state index in [4.69, 9.17) is 17.3 Å². The van der Waals surface area contributed by atoms with Crippen LogP contribution in [0.2, 0.25) is 0 Å². The van der Waals surface area contributed by atoms with Crippen molar-refractivity contribution in [2.24, 2.45) is 5.92 Å². The summed E-state index contributed by atoms with van der Waals surface area (Å²) >= 11 is 6.17. The minimum atomic E-state index is 0.550. The van der Waals surface area contributed by atoms with E-state index < -0.39 is 0 Å². The highest BCUT2D eigenvalue weighted by Crippen LogP contribution is 2.20. The molecule has 0 aliphatic heterocycles. The highest BCUT2D eigenvalue weighted by atomic mass is 35.5. The molecule has 0 saturated carbocycles. The first-order valence-electron chi connectivity index (χ1n) is 6.93. The Kier molecular flexibility index (Phi) is 6.59. The maximum atomic E-state index is 6.17. The number of anilines is 1. The SMILES string of the molecule is C=C/C=C(CCn1cc(N)c(CC(C)C)n1)\C(Cl)=C/C. The number of halogens is 1. The van der Waals surface area contributed by atoms with Crippen molar-refractivity contribution in [3.05, 3.63) is 47.3 Å². The minimum absolute atomic E-state index is 0.550. The van der Waals surface area contributed by atoms with E-state index in [0.29, 0.717) is 5.92 Å². The Bertz CT molecular complexity index is 510. The molecule has 0 fully saturated rings. The molecule has 0 spiro atoms. The van der Waals surface area contributed by atoms with Crippen LogP contribution in [0.25, 0.3) is 0 Å². The molecular formula is C16H24ClN3. The molecular weight excluding hydrogens is 270 g/mol. The predicted molar refractivity (Wildman–Crippen MR) is 87.7 cm³/mol. The zero-order valence-corrected chi connectivity index (χ0v) is 13.3. The van der Waals surface area contributed by atoms with Crippen molar-refractivity contribution < 1.29 is 0 Å². The summed E-state index contributed by atoms with van der Waals surface area (Å²) in [5, 5.41) is 5.30. The van der Waals surface area contributed by atoms with Gasteiger partial charge in [-0.1, -0.05) is 50.3 Å². The van der Waals surface area contributed by atoms with Crippen LogP contribution >= 0.6 is 11.6 Å². The van der Waals surface area contributed by atoms with E-state index in [1.807, 2.05) is 30.0 Å². The van der Waals surface area contributed by atoms with Crippen LogP contribution in [0.3, 0.4) is 0 Å². The summed E-state index contributed by atoms with van der Waals surface area (Å²) in [5.41, 5.74) is 8.79. The third-order valence-corrected chi connectivity index (χ3v) is 3.42. The van der Waals surface area contributed by atoms with E-state index in [2.05, 4.69) is 25.5 Å². The number of nitrogens with zero attached hydrogens (tertiary/aromatic N) is 2. The largest absolute Gasteiger partial charge is 0.396 e. The molecule has 0 atom stereocenters. The van der Waals surface area contributed by atoms with Crippen LogP contribution in [-0.2, 0) is 13.0 Å². The quantitative estimate of drug-likeness (QED) is 0.761. The maximum absolute atomic E-state index is 6.17. The average Bonchev–Trinajstić information content (AvgIpc) is 2.73. The standard InChI is InChI=1S/C16H24ClN3/c1-5-7-13(14(17)6-2)8-9-20-11-15(18)16(19-20)10-12(3)4/h5-7,11-12H,1,8-10,18H2,2-4H3/b13-7-,14-6+. The Morgan fingerprint density at radius 1 is 1.55 bits per heavy atom. The second-order valence-electron chi connectivity index (χ2n) is 5.21. The van der Waals surface area contributed by atoms with Crippen LogP contribution in [0, 0.1) is 5.92 Å². The molecule has 0 aliphatic rings. The molecule has 1 aromatic rings. The Morgan fingerprint density at radius 3 is 2.80 bits per heavy atom. The molecule has 3 nitrogen and oxygen atoms in total. The summed E-state index contributed by atoms with van der Waals surface area (Å²) in [4.78, 5) is 0. The van der Waals surface area contributed by atoms with Gasteiger partial charge >= 0.3 is 0 Å². The van der Waals surface area contributed by atoms with Crippen molar-refractivity contribution in [3.8, 4) is 0 Å². The Hall–Kier alpha value is -1.48. The van der Waals surface area contributed by atoms with E-state index in [0.717, 1.165) is 41.4 Å². The summed E-state index contributed by atoms with van der Waals surface area (Å²) in [6, 6.07) is 0. The fourth-order valence-electron chi connectivity index (χ4n) is 1.98. The van der Waals surface area contributed by atoms with Gasteiger partial charge in [-0.3, -0.25) is 4.68 Å². The van der Waals surface area contributed by atoms with Crippen LogP contribution < -0.4 is 5.73 Å². The van der Waals surface area contributed by atoms with Crippen LogP contribution in [0.5, 0.6) is 0 Å². The van der Waals surface area contributed by atoms with Crippen molar-refractivity contribution in [1.82, 2.24) is 9.78 Å². The van der Waals surface area contributed by atoms with E-state index in [-0.39, 0.29) is 0 Å². The smallest absolute Gasteiger partial charge is 0.0856 e. The van der Waals surface area contributed by atoms with E-state index in [1.54, 1.807) is 6.08 Å². The molecule has 0 amide bonds. The first-order chi connectivity index (χ1) is 9.47. The number of nitrogen functional groups attached to an aromatic ring is 1. The van der Waals surface area contributed by atoms with Gasteiger partial charge in [-0.15, -0.1) is 0 Å². The summed E-state index contributed by atoms with van der Waals surface area (Å²) in [6.07, 6.45) is 9.18. The third kappa shape index (κ3) is 4.89. The molecule has 4 heteroatoms. The lowest BCUT2D eigenvalue weighted by atomic mass is 10.1.